The summed E-state index contributed by atoms with van der Waals surface area (Å²) in [5, 5.41) is 3.69. The summed E-state index contributed by atoms with van der Waals surface area (Å²) in [6.07, 6.45) is 6.01. The lowest BCUT2D eigenvalue weighted by Gasteiger charge is -2.29. The van der Waals surface area contributed by atoms with Gasteiger partial charge in [-0.05, 0) is 76.2 Å². The van der Waals surface area contributed by atoms with Crippen LogP contribution in [0.25, 0.3) is 11.6 Å². The minimum atomic E-state index is -0.574. The number of rotatable bonds is 6. The van der Waals surface area contributed by atoms with Crippen molar-refractivity contribution in [2.24, 2.45) is 0 Å². The van der Waals surface area contributed by atoms with E-state index in [9.17, 15) is 13.6 Å². The third kappa shape index (κ3) is 5.21. The first kappa shape index (κ1) is 24.6. The van der Waals surface area contributed by atoms with Crippen LogP contribution in [0.5, 0.6) is 0 Å². The number of carbonyl (C=O) groups is 1. The standard InChI is InChI=1S/C28H23Cl2F2N3O/c29-19-4-5-20-22(14-19)23-16-35(10-1-2-17-3-6-24(30)25(31)12-17)11-8-21(23)27(20)28(36)34-15-18-7-9-33-26(32)13-18/h1-7,9,12-14,27H,8,10-11,15-16H2,(H,34,36)/b2-1+. The summed E-state index contributed by atoms with van der Waals surface area (Å²) in [6, 6.07) is 13.4. The molecular formula is C28H23Cl2F2N3O. The second-order valence-electron chi connectivity index (χ2n) is 8.93. The van der Waals surface area contributed by atoms with Crippen molar-refractivity contribution >= 4 is 40.8 Å². The summed E-state index contributed by atoms with van der Waals surface area (Å²) in [4.78, 5) is 19.2. The van der Waals surface area contributed by atoms with E-state index in [4.69, 9.17) is 23.2 Å². The van der Waals surface area contributed by atoms with Gasteiger partial charge in [-0.1, -0.05) is 47.5 Å². The van der Waals surface area contributed by atoms with Gasteiger partial charge in [0.05, 0.1) is 10.9 Å². The van der Waals surface area contributed by atoms with Gasteiger partial charge in [-0.25, -0.2) is 9.37 Å². The molecule has 1 aliphatic heterocycles. The van der Waals surface area contributed by atoms with Gasteiger partial charge < -0.3 is 5.32 Å². The SMILES string of the molecule is O=C(NCc1ccnc(F)c1)C1C2=C(CN(C/C=C/c3ccc(Cl)c(F)c3)CC2)c2cc(Cl)ccc21. The first-order valence-electron chi connectivity index (χ1n) is 11.6. The molecule has 8 heteroatoms. The van der Waals surface area contributed by atoms with E-state index < -0.39 is 17.7 Å². The molecule has 1 atom stereocenters. The molecule has 2 heterocycles. The van der Waals surface area contributed by atoms with Crippen LogP contribution in [-0.4, -0.2) is 35.4 Å². The molecule has 1 unspecified atom stereocenters. The number of fused-ring (bicyclic) bond motifs is 2. The first-order valence-corrected chi connectivity index (χ1v) is 12.4. The second-order valence-corrected chi connectivity index (χ2v) is 9.78. The largest absolute Gasteiger partial charge is 0.351 e. The Balaban J connectivity index is 1.32. The van der Waals surface area contributed by atoms with Gasteiger partial charge in [0, 0.05) is 37.4 Å². The molecule has 184 valence electrons. The van der Waals surface area contributed by atoms with Gasteiger partial charge in [-0.15, -0.1) is 0 Å². The molecule has 1 N–H and O–H groups in total. The van der Waals surface area contributed by atoms with Crippen molar-refractivity contribution in [3.05, 3.63) is 110 Å². The molecule has 1 aliphatic carbocycles. The molecule has 1 aromatic heterocycles. The summed E-state index contributed by atoms with van der Waals surface area (Å²) in [7, 11) is 0. The first-order chi connectivity index (χ1) is 17.4. The molecule has 1 amide bonds. The topological polar surface area (TPSA) is 45.2 Å². The van der Waals surface area contributed by atoms with Crippen LogP contribution in [0, 0.1) is 11.8 Å². The smallest absolute Gasteiger partial charge is 0.231 e. The van der Waals surface area contributed by atoms with Gasteiger partial charge in [-0.3, -0.25) is 9.69 Å². The zero-order valence-corrected chi connectivity index (χ0v) is 20.8. The Hall–Kier alpha value is -3.06. The Morgan fingerprint density at radius 2 is 2.00 bits per heavy atom. The van der Waals surface area contributed by atoms with Gasteiger partial charge in [0.2, 0.25) is 11.9 Å². The molecule has 36 heavy (non-hydrogen) atoms. The highest BCUT2D eigenvalue weighted by atomic mass is 35.5. The zero-order valence-electron chi connectivity index (χ0n) is 19.3. The summed E-state index contributed by atoms with van der Waals surface area (Å²) < 4.78 is 27.1. The molecule has 2 aliphatic rings. The minimum absolute atomic E-state index is 0.104. The predicted molar refractivity (Wildman–Crippen MR) is 139 cm³/mol. The summed E-state index contributed by atoms with van der Waals surface area (Å²) >= 11 is 12.1. The molecule has 0 spiro atoms. The lowest BCUT2D eigenvalue weighted by Crippen LogP contribution is -2.33. The molecular weight excluding hydrogens is 503 g/mol. The van der Waals surface area contributed by atoms with E-state index in [1.807, 2.05) is 30.4 Å². The van der Waals surface area contributed by atoms with Crippen molar-refractivity contribution in [2.45, 2.75) is 18.9 Å². The molecule has 4 nitrogen and oxygen atoms in total. The Bertz CT molecular complexity index is 1390. The van der Waals surface area contributed by atoms with Gasteiger partial charge in [0.15, 0.2) is 0 Å². The van der Waals surface area contributed by atoms with E-state index in [0.29, 0.717) is 23.7 Å². The molecule has 0 saturated heterocycles. The second kappa shape index (κ2) is 10.5. The van der Waals surface area contributed by atoms with Crippen molar-refractivity contribution in [1.29, 1.82) is 0 Å². The number of halogens is 4. The minimum Gasteiger partial charge on any atom is -0.351 e. The quantitative estimate of drug-likeness (QED) is 0.386. The molecule has 0 fully saturated rings. The number of benzene rings is 2. The fraction of sp³-hybridized carbons (Fsp3) is 0.214. The van der Waals surface area contributed by atoms with Crippen LogP contribution in [0.1, 0.15) is 34.6 Å². The van der Waals surface area contributed by atoms with E-state index in [0.717, 1.165) is 40.8 Å². The Labute approximate surface area is 218 Å². The highest BCUT2D eigenvalue weighted by Crippen LogP contribution is 2.46. The Morgan fingerprint density at radius 1 is 1.14 bits per heavy atom. The maximum absolute atomic E-state index is 13.7. The molecule has 5 rings (SSSR count). The summed E-state index contributed by atoms with van der Waals surface area (Å²) in [6.45, 7) is 2.38. The monoisotopic (exact) mass is 525 g/mol. The van der Waals surface area contributed by atoms with Crippen LogP contribution in [0.3, 0.4) is 0 Å². The fourth-order valence-corrected chi connectivity index (χ4v) is 5.18. The molecule has 0 radical (unpaired) electrons. The van der Waals surface area contributed by atoms with E-state index in [2.05, 4.69) is 15.2 Å². The van der Waals surface area contributed by atoms with Crippen molar-refractivity contribution in [3.63, 3.8) is 0 Å². The van der Waals surface area contributed by atoms with Gasteiger partial charge in [0.25, 0.3) is 0 Å². The molecule has 0 bridgehead atoms. The van der Waals surface area contributed by atoms with Gasteiger partial charge in [-0.2, -0.15) is 4.39 Å². The molecule has 2 aromatic carbocycles. The number of pyridine rings is 1. The average molecular weight is 526 g/mol. The number of aromatic nitrogens is 1. The third-order valence-electron chi connectivity index (χ3n) is 6.60. The zero-order chi connectivity index (χ0) is 25.2. The highest BCUT2D eigenvalue weighted by molar-refractivity contribution is 6.31. The van der Waals surface area contributed by atoms with Gasteiger partial charge >= 0.3 is 0 Å². The number of amides is 1. The van der Waals surface area contributed by atoms with Crippen LogP contribution in [0.15, 0.2) is 66.4 Å². The van der Waals surface area contributed by atoms with Crippen LogP contribution in [0.4, 0.5) is 8.78 Å². The van der Waals surface area contributed by atoms with Crippen LogP contribution >= 0.6 is 23.2 Å². The normalized spacial score (nSPS) is 17.4. The maximum atomic E-state index is 13.7. The van der Waals surface area contributed by atoms with Crippen molar-refractivity contribution in [1.82, 2.24) is 15.2 Å². The Kier molecular flexibility index (Phi) is 7.19. The number of hydrogen-bond donors (Lipinski definition) is 1. The predicted octanol–water partition coefficient (Wildman–Crippen LogP) is 6.25. The molecule has 0 saturated carbocycles. The highest BCUT2D eigenvalue weighted by Gasteiger charge is 2.38. The Morgan fingerprint density at radius 3 is 2.81 bits per heavy atom. The summed E-state index contributed by atoms with van der Waals surface area (Å²) in [5.41, 5.74) is 5.57. The van der Waals surface area contributed by atoms with Crippen LogP contribution in [0.2, 0.25) is 10.0 Å². The average Bonchev–Trinajstić information content (AvgIpc) is 3.18. The third-order valence-corrected chi connectivity index (χ3v) is 7.15. The maximum Gasteiger partial charge on any atom is 0.231 e. The number of hydrogen-bond acceptors (Lipinski definition) is 3. The van der Waals surface area contributed by atoms with Crippen LogP contribution in [-0.2, 0) is 11.3 Å². The molecule has 3 aromatic rings. The van der Waals surface area contributed by atoms with Crippen molar-refractivity contribution in [3.8, 4) is 0 Å². The number of nitrogens with zero attached hydrogens (tertiary/aromatic N) is 2. The fourth-order valence-electron chi connectivity index (χ4n) is 4.89. The van der Waals surface area contributed by atoms with Crippen LogP contribution < -0.4 is 5.32 Å². The lowest BCUT2D eigenvalue weighted by molar-refractivity contribution is -0.121. The number of carbonyl (C=O) groups excluding carboxylic acids is 1. The van der Waals surface area contributed by atoms with Crippen molar-refractivity contribution < 1.29 is 13.6 Å². The summed E-state index contributed by atoms with van der Waals surface area (Å²) in [5.74, 6) is -1.52. The van der Waals surface area contributed by atoms with Crippen molar-refractivity contribution in [2.75, 3.05) is 19.6 Å². The van der Waals surface area contributed by atoms with E-state index in [1.165, 1.54) is 18.3 Å². The van der Waals surface area contributed by atoms with Gasteiger partial charge in [0.1, 0.15) is 5.82 Å². The van der Waals surface area contributed by atoms with E-state index in [1.54, 1.807) is 18.2 Å². The lowest BCUT2D eigenvalue weighted by atomic mass is 9.91. The number of nitrogens with one attached hydrogen (secondary N) is 1. The van der Waals surface area contributed by atoms with E-state index in [-0.39, 0.29) is 17.5 Å². The van der Waals surface area contributed by atoms with E-state index >= 15 is 0 Å².